The molecule has 0 fully saturated rings. The van der Waals surface area contributed by atoms with Gasteiger partial charge in [0.25, 0.3) is 0 Å². The Kier molecular flexibility index (Phi) is 13.8. The molecule has 6 heteroatoms. The lowest BCUT2D eigenvalue weighted by Gasteiger charge is -2.43. The van der Waals surface area contributed by atoms with Crippen LogP contribution in [0.4, 0.5) is 0 Å². The Morgan fingerprint density at radius 3 is 0.897 bits per heavy atom. The van der Waals surface area contributed by atoms with Crippen molar-refractivity contribution in [1.82, 2.24) is 0 Å². The predicted molar refractivity (Wildman–Crippen MR) is 130 cm³/mol. The van der Waals surface area contributed by atoms with Gasteiger partial charge in [-0.05, 0) is 44.2 Å². The molecule has 0 bridgehead atoms. The zero-order valence-corrected chi connectivity index (χ0v) is 23.4. The third-order valence-corrected chi connectivity index (χ3v) is 14.7. The van der Waals surface area contributed by atoms with Gasteiger partial charge in [-0.2, -0.15) is 0 Å². The molecule has 0 amide bonds. The quantitative estimate of drug-likeness (QED) is 0.228. The molecule has 0 aliphatic carbocycles. The summed E-state index contributed by atoms with van der Waals surface area (Å²) < 4.78 is 26.2. The van der Waals surface area contributed by atoms with Crippen molar-refractivity contribution in [2.75, 3.05) is 26.4 Å². The Balaban J connectivity index is 5.57. The van der Waals surface area contributed by atoms with E-state index in [1.807, 2.05) is 0 Å². The number of rotatable bonds is 16. The molecule has 0 saturated carbocycles. The van der Waals surface area contributed by atoms with Gasteiger partial charge in [0.15, 0.2) is 0 Å². The maximum absolute atomic E-state index is 6.56. The second-order valence-electron chi connectivity index (χ2n) is 10.3. The molecule has 0 rings (SSSR count). The number of hydrogen-bond acceptors (Lipinski definition) is 4. The van der Waals surface area contributed by atoms with E-state index in [9.17, 15) is 0 Å². The largest absolute Gasteiger partial charge is 0.394 e. The normalized spacial score (nSPS) is 13.9. The lowest BCUT2D eigenvalue weighted by atomic mass is 10.2. The molecule has 0 radical (unpaired) electrons. The Bertz CT molecular complexity index is 362. The third kappa shape index (κ3) is 9.12. The Hall–Kier alpha value is 0.274. The first-order valence-electron chi connectivity index (χ1n) is 12.0. The lowest BCUT2D eigenvalue weighted by Crippen LogP contribution is -2.53. The highest BCUT2D eigenvalue weighted by Gasteiger charge is 2.52. The minimum atomic E-state index is -2.35. The summed E-state index contributed by atoms with van der Waals surface area (Å²) in [5, 5.41) is 0.0790. The van der Waals surface area contributed by atoms with Gasteiger partial charge in [-0.3, -0.25) is 0 Å². The van der Waals surface area contributed by atoms with E-state index in [-0.39, 0.29) is 10.1 Å². The molecule has 0 N–H and O–H groups in total. The summed E-state index contributed by atoms with van der Waals surface area (Å²) in [4.78, 5) is 0. The van der Waals surface area contributed by atoms with Crippen molar-refractivity contribution in [2.45, 2.75) is 124 Å². The van der Waals surface area contributed by atoms with Gasteiger partial charge in [0.05, 0.1) is 0 Å². The molecule has 0 saturated heterocycles. The van der Waals surface area contributed by atoms with Gasteiger partial charge in [0.1, 0.15) is 0 Å². The lowest BCUT2D eigenvalue weighted by molar-refractivity contribution is 0.140. The standard InChI is InChI=1S/C23H52O4Si2/c1-11-16-24-28(22(5,6)7,25-17-12-2)20-15-21-29(23(8,9)10,26-18-13-3)27-19-14-4/h11-21H2,1-10H3. The van der Waals surface area contributed by atoms with Gasteiger partial charge >= 0.3 is 17.1 Å². The molecule has 0 aromatic rings. The van der Waals surface area contributed by atoms with Crippen LogP contribution in [0, 0.1) is 0 Å². The first-order valence-corrected chi connectivity index (χ1v) is 16.1. The van der Waals surface area contributed by atoms with Gasteiger partial charge in [0.2, 0.25) is 0 Å². The van der Waals surface area contributed by atoms with Crippen LogP contribution in [-0.4, -0.2) is 43.5 Å². The van der Waals surface area contributed by atoms with Crippen LogP contribution in [0.3, 0.4) is 0 Å². The van der Waals surface area contributed by atoms with E-state index in [2.05, 4.69) is 69.2 Å². The van der Waals surface area contributed by atoms with Crippen molar-refractivity contribution in [3.8, 4) is 0 Å². The van der Waals surface area contributed by atoms with Crippen LogP contribution in [0.1, 0.15) is 101 Å². The van der Waals surface area contributed by atoms with Crippen LogP contribution < -0.4 is 0 Å². The maximum Gasteiger partial charge on any atom is 0.343 e. The molecular formula is C23H52O4Si2. The fraction of sp³-hybridized carbons (Fsp3) is 1.00. The van der Waals surface area contributed by atoms with E-state index >= 15 is 0 Å². The molecular weight excluding hydrogens is 396 g/mol. The second kappa shape index (κ2) is 13.6. The molecule has 0 aromatic heterocycles. The van der Waals surface area contributed by atoms with Crippen molar-refractivity contribution >= 4 is 17.1 Å². The topological polar surface area (TPSA) is 36.9 Å². The SMILES string of the molecule is CCCO[Si](CCC[Si](OCCC)(OCCC)C(C)(C)C)(OCCC)C(C)(C)C. The van der Waals surface area contributed by atoms with Crippen LogP contribution >= 0.6 is 0 Å². The fourth-order valence-corrected chi connectivity index (χ4v) is 11.4. The zero-order chi connectivity index (χ0) is 22.6. The minimum Gasteiger partial charge on any atom is -0.394 e. The van der Waals surface area contributed by atoms with Crippen LogP contribution in [0.5, 0.6) is 0 Å². The average Bonchev–Trinajstić information content (AvgIpc) is 2.63. The highest BCUT2D eigenvalue weighted by atomic mass is 28.4. The number of hydrogen-bond donors (Lipinski definition) is 0. The van der Waals surface area contributed by atoms with Gasteiger partial charge in [-0.15, -0.1) is 0 Å². The van der Waals surface area contributed by atoms with Crippen molar-refractivity contribution in [3.05, 3.63) is 0 Å². The Morgan fingerprint density at radius 1 is 0.483 bits per heavy atom. The average molecular weight is 449 g/mol. The summed E-state index contributed by atoms with van der Waals surface area (Å²) >= 11 is 0. The van der Waals surface area contributed by atoms with Gasteiger partial charge in [-0.25, -0.2) is 0 Å². The maximum atomic E-state index is 6.56. The first-order chi connectivity index (χ1) is 13.4. The molecule has 0 atom stereocenters. The van der Waals surface area contributed by atoms with E-state index in [1.165, 1.54) is 0 Å². The highest BCUT2D eigenvalue weighted by molar-refractivity contribution is 6.72. The predicted octanol–water partition coefficient (Wildman–Crippen LogP) is 7.57. The summed E-state index contributed by atoms with van der Waals surface area (Å²) in [7, 11) is -4.70. The van der Waals surface area contributed by atoms with Crippen molar-refractivity contribution in [2.24, 2.45) is 0 Å². The van der Waals surface area contributed by atoms with Crippen molar-refractivity contribution < 1.29 is 17.7 Å². The Morgan fingerprint density at radius 2 is 0.724 bits per heavy atom. The third-order valence-electron chi connectivity index (χ3n) is 5.45. The monoisotopic (exact) mass is 448 g/mol. The molecule has 176 valence electrons. The minimum absolute atomic E-state index is 0.0395. The van der Waals surface area contributed by atoms with Gasteiger partial charge in [0, 0.05) is 36.5 Å². The second-order valence-corrected chi connectivity index (χ2v) is 18.4. The zero-order valence-electron chi connectivity index (χ0n) is 21.4. The van der Waals surface area contributed by atoms with E-state index in [0.29, 0.717) is 0 Å². The molecule has 4 nitrogen and oxygen atoms in total. The first kappa shape index (κ1) is 29.3. The molecule has 0 heterocycles. The Labute approximate surface area is 184 Å². The summed E-state index contributed by atoms with van der Waals surface area (Å²) in [6.07, 6.45) is 5.16. The molecule has 0 unspecified atom stereocenters. The van der Waals surface area contributed by atoms with E-state index in [4.69, 9.17) is 17.7 Å². The van der Waals surface area contributed by atoms with Crippen LogP contribution in [-0.2, 0) is 17.7 Å². The van der Waals surface area contributed by atoms with E-state index < -0.39 is 17.1 Å². The van der Waals surface area contributed by atoms with E-state index in [1.54, 1.807) is 0 Å². The highest BCUT2D eigenvalue weighted by Crippen LogP contribution is 2.45. The van der Waals surface area contributed by atoms with Crippen LogP contribution in [0.15, 0.2) is 0 Å². The molecule has 29 heavy (non-hydrogen) atoms. The summed E-state index contributed by atoms with van der Waals surface area (Å²) in [6, 6.07) is 2.01. The smallest absolute Gasteiger partial charge is 0.343 e. The van der Waals surface area contributed by atoms with Gasteiger partial charge < -0.3 is 17.7 Å². The van der Waals surface area contributed by atoms with Gasteiger partial charge in [-0.1, -0.05) is 69.2 Å². The van der Waals surface area contributed by atoms with Crippen LogP contribution in [0.25, 0.3) is 0 Å². The molecule has 0 aliphatic heterocycles. The molecule has 0 spiro atoms. The van der Waals surface area contributed by atoms with E-state index in [0.717, 1.165) is 70.6 Å². The van der Waals surface area contributed by atoms with Crippen molar-refractivity contribution in [1.29, 1.82) is 0 Å². The summed E-state index contributed by atoms with van der Waals surface area (Å²) in [6.45, 7) is 25.6. The fourth-order valence-electron chi connectivity index (χ4n) is 3.61. The molecule has 0 aromatic carbocycles. The molecule has 0 aliphatic rings. The van der Waals surface area contributed by atoms with Crippen LogP contribution in [0.2, 0.25) is 22.2 Å². The van der Waals surface area contributed by atoms with Crippen molar-refractivity contribution in [3.63, 3.8) is 0 Å². The summed E-state index contributed by atoms with van der Waals surface area (Å²) in [5.41, 5.74) is 0. The summed E-state index contributed by atoms with van der Waals surface area (Å²) in [5.74, 6) is 0.